The van der Waals surface area contributed by atoms with Crippen LogP contribution in [-0.4, -0.2) is 5.71 Å². The topological polar surface area (TPSA) is 46.1 Å². The molecule has 0 atom stereocenters. The number of nitriles is 1. The zero-order chi connectivity index (χ0) is 15.4. The van der Waals surface area contributed by atoms with E-state index in [2.05, 4.69) is 41.5 Å². The summed E-state index contributed by atoms with van der Waals surface area (Å²) >= 11 is 0. The smallest absolute Gasteiger partial charge is 0.0991 e. The molecule has 19 heavy (non-hydrogen) atoms. The first-order chi connectivity index (χ1) is 8.70. The molecule has 0 aliphatic carbocycles. The summed E-state index contributed by atoms with van der Waals surface area (Å²) in [4.78, 5) is 0. The van der Waals surface area contributed by atoms with Crippen LogP contribution in [0.3, 0.4) is 0 Å². The van der Waals surface area contributed by atoms with Crippen LogP contribution in [-0.2, 0) is 0 Å². The first kappa shape index (κ1) is 19.7. The highest BCUT2D eigenvalue weighted by Crippen LogP contribution is 2.03. The van der Waals surface area contributed by atoms with E-state index in [1.165, 1.54) is 0 Å². The van der Waals surface area contributed by atoms with Gasteiger partial charge in [-0.05, 0) is 29.5 Å². The number of hydrogen-bond acceptors (Lipinski definition) is 1. The van der Waals surface area contributed by atoms with Gasteiger partial charge in [0.1, 0.15) is 0 Å². The normalized spacial score (nSPS) is 8.84. The Kier molecular flexibility index (Phi) is 11.9. The van der Waals surface area contributed by atoms with Crippen LogP contribution in [0.4, 0.5) is 0 Å². The van der Waals surface area contributed by atoms with Gasteiger partial charge in [-0.15, -0.1) is 0 Å². The third-order valence-corrected chi connectivity index (χ3v) is 1.43. The molecule has 1 rings (SSSR count). The molecule has 106 valence electrons. The van der Waals surface area contributed by atoms with Gasteiger partial charge in [0, 0.05) is 0 Å². The largest absolute Gasteiger partial charge is 0.807 e. The lowest BCUT2D eigenvalue weighted by atomic mass is 10.1. The van der Waals surface area contributed by atoms with E-state index < -0.39 is 0 Å². The predicted octanol–water partition coefficient (Wildman–Crippen LogP) is 5.26. The minimum atomic E-state index is 0.273. The van der Waals surface area contributed by atoms with Crippen molar-refractivity contribution in [3.05, 3.63) is 40.8 Å². The highest BCUT2D eigenvalue weighted by molar-refractivity contribution is 6.01. The van der Waals surface area contributed by atoms with Crippen molar-refractivity contribution in [2.45, 2.75) is 48.5 Å². The summed E-state index contributed by atoms with van der Waals surface area (Å²) in [7, 11) is 0. The zero-order valence-electron chi connectivity index (χ0n) is 13.4. The fraction of sp³-hybridized carbons (Fsp3) is 0.529. The minimum Gasteiger partial charge on any atom is -0.807 e. The van der Waals surface area contributed by atoms with Crippen molar-refractivity contribution in [3.63, 3.8) is 0 Å². The van der Waals surface area contributed by atoms with Gasteiger partial charge in [-0.25, -0.2) is 0 Å². The average Bonchev–Trinajstić information content (AvgIpc) is 2.27. The van der Waals surface area contributed by atoms with Crippen molar-refractivity contribution in [3.8, 4) is 6.07 Å². The summed E-state index contributed by atoms with van der Waals surface area (Å²) in [5, 5.41) is 17.5. The summed E-state index contributed by atoms with van der Waals surface area (Å²) in [6.45, 7) is 14.6. The lowest BCUT2D eigenvalue weighted by molar-refractivity contribution is 0.736. The molecule has 0 fully saturated rings. The molecule has 0 bridgehead atoms. The van der Waals surface area contributed by atoms with Crippen LogP contribution >= 0.6 is 0 Å². The summed E-state index contributed by atoms with van der Waals surface area (Å²) in [5.74, 6) is 1.67. The SMILES string of the molecule is CC(=[N-])c1ccc(C#N)cc1.CC(C)C.CC(C)C. The van der Waals surface area contributed by atoms with Gasteiger partial charge in [-0.2, -0.15) is 11.0 Å². The molecular formula is C17H27N2-. The van der Waals surface area contributed by atoms with Gasteiger partial charge in [0.2, 0.25) is 0 Å². The number of benzene rings is 1. The Bertz CT molecular complexity index is 369. The molecule has 0 heterocycles. The van der Waals surface area contributed by atoms with Gasteiger partial charge >= 0.3 is 0 Å². The highest BCUT2D eigenvalue weighted by Gasteiger charge is 1.89. The molecule has 2 heteroatoms. The van der Waals surface area contributed by atoms with Gasteiger partial charge in [0.15, 0.2) is 0 Å². The van der Waals surface area contributed by atoms with Gasteiger partial charge < -0.3 is 5.41 Å². The molecule has 0 saturated heterocycles. The third-order valence-electron chi connectivity index (χ3n) is 1.43. The van der Waals surface area contributed by atoms with Crippen molar-refractivity contribution in [2.75, 3.05) is 0 Å². The van der Waals surface area contributed by atoms with Crippen LogP contribution in [0.25, 0.3) is 5.41 Å². The Morgan fingerprint density at radius 2 is 1.26 bits per heavy atom. The summed E-state index contributed by atoms with van der Waals surface area (Å²) in [6.07, 6.45) is 0. The first-order valence-corrected chi connectivity index (χ1v) is 6.73. The van der Waals surface area contributed by atoms with E-state index in [9.17, 15) is 0 Å². The second kappa shape index (κ2) is 11.5. The van der Waals surface area contributed by atoms with E-state index in [1.54, 1.807) is 31.2 Å². The van der Waals surface area contributed by atoms with Gasteiger partial charge in [-0.1, -0.05) is 60.6 Å². The van der Waals surface area contributed by atoms with Crippen LogP contribution in [0.5, 0.6) is 0 Å². The Morgan fingerprint density at radius 3 is 1.47 bits per heavy atom. The molecule has 0 amide bonds. The quantitative estimate of drug-likeness (QED) is 0.634. The van der Waals surface area contributed by atoms with Crippen molar-refractivity contribution in [1.29, 1.82) is 5.26 Å². The van der Waals surface area contributed by atoms with Crippen molar-refractivity contribution in [2.24, 2.45) is 11.8 Å². The van der Waals surface area contributed by atoms with E-state index in [1.807, 2.05) is 6.07 Å². The molecule has 0 aliphatic rings. The molecule has 0 saturated carbocycles. The van der Waals surface area contributed by atoms with Gasteiger partial charge in [0.05, 0.1) is 11.6 Å². The molecule has 0 unspecified atom stereocenters. The van der Waals surface area contributed by atoms with E-state index in [4.69, 9.17) is 10.7 Å². The van der Waals surface area contributed by atoms with E-state index in [-0.39, 0.29) is 5.71 Å². The van der Waals surface area contributed by atoms with E-state index in [0.29, 0.717) is 5.56 Å². The lowest BCUT2D eigenvalue weighted by Crippen LogP contribution is -1.89. The summed E-state index contributed by atoms with van der Waals surface area (Å²) in [6, 6.07) is 8.79. The van der Waals surface area contributed by atoms with Gasteiger partial charge in [-0.3, -0.25) is 0 Å². The molecule has 0 N–H and O–H groups in total. The molecular weight excluding hydrogens is 232 g/mol. The average molecular weight is 259 g/mol. The predicted molar refractivity (Wildman–Crippen MR) is 85.3 cm³/mol. The first-order valence-electron chi connectivity index (χ1n) is 6.73. The minimum absolute atomic E-state index is 0.273. The van der Waals surface area contributed by atoms with E-state index >= 15 is 0 Å². The van der Waals surface area contributed by atoms with Crippen molar-refractivity contribution in [1.82, 2.24) is 0 Å². The Morgan fingerprint density at radius 1 is 0.947 bits per heavy atom. The summed E-state index contributed by atoms with van der Waals surface area (Å²) in [5.41, 5.74) is 1.63. The van der Waals surface area contributed by atoms with Crippen molar-refractivity contribution >= 4 is 5.71 Å². The second-order valence-electron chi connectivity index (χ2n) is 5.74. The van der Waals surface area contributed by atoms with Crippen molar-refractivity contribution < 1.29 is 0 Å². The Balaban J connectivity index is 0. The highest BCUT2D eigenvalue weighted by atomic mass is 14.4. The fourth-order valence-electron chi connectivity index (χ4n) is 0.786. The summed E-state index contributed by atoms with van der Waals surface area (Å²) < 4.78 is 0. The molecule has 1 aromatic rings. The van der Waals surface area contributed by atoms with Crippen LogP contribution in [0.1, 0.15) is 59.6 Å². The molecule has 0 aliphatic heterocycles. The Labute approximate surface area is 119 Å². The third kappa shape index (κ3) is 16.4. The standard InChI is InChI=1S/C9H7N2.2C4H10/c1-7(11)9-4-2-8(6-10)3-5-9;2*1-4(2)3/h2-5H,1H3;2*4H,1-3H3/q-1;;. The molecule has 0 spiro atoms. The maximum atomic E-state index is 9.02. The van der Waals surface area contributed by atoms with Crippen LogP contribution < -0.4 is 0 Å². The zero-order valence-corrected chi connectivity index (χ0v) is 13.4. The number of rotatable bonds is 1. The molecule has 0 aromatic heterocycles. The van der Waals surface area contributed by atoms with Crippen LogP contribution in [0, 0.1) is 23.2 Å². The number of nitrogens with zero attached hydrogens (tertiary/aromatic N) is 2. The molecule has 1 aromatic carbocycles. The Hall–Kier alpha value is -1.62. The van der Waals surface area contributed by atoms with Crippen LogP contribution in [0.2, 0.25) is 0 Å². The van der Waals surface area contributed by atoms with E-state index in [0.717, 1.165) is 17.4 Å². The maximum absolute atomic E-state index is 9.02. The molecule has 2 nitrogen and oxygen atoms in total. The maximum Gasteiger partial charge on any atom is 0.0991 e. The van der Waals surface area contributed by atoms with Gasteiger partial charge in [0.25, 0.3) is 0 Å². The number of hydrogen-bond donors (Lipinski definition) is 0. The lowest BCUT2D eigenvalue weighted by Gasteiger charge is -2.04. The monoisotopic (exact) mass is 259 g/mol. The molecule has 0 radical (unpaired) electrons. The van der Waals surface area contributed by atoms with Crippen LogP contribution in [0.15, 0.2) is 24.3 Å². The fourth-order valence-corrected chi connectivity index (χ4v) is 0.786. The second-order valence-corrected chi connectivity index (χ2v) is 5.74.